The Morgan fingerprint density at radius 3 is 2.84 bits per heavy atom. The molecule has 0 aliphatic carbocycles. The van der Waals surface area contributed by atoms with E-state index in [-0.39, 0.29) is 5.91 Å². The zero-order valence-corrected chi connectivity index (χ0v) is 14.7. The van der Waals surface area contributed by atoms with Gasteiger partial charge in [-0.3, -0.25) is 4.79 Å². The molecule has 5 nitrogen and oxygen atoms in total. The predicted octanol–water partition coefficient (Wildman–Crippen LogP) is 2.53. The first kappa shape index (κ1) is 16.4. The van der Waals surface area contributed by atoms with Crippen molar-refractivity contribution >= 4 is 23.3 Å². The smallest absolute Gasteiger partial charge is 0.253 e. The van der Waals surface area contributed by atoms with Crippen molar-refractivity contribution in [1.29, 1.82) is 0 Å². The summed E-state index contributed by atoms with van der Waals surface area (Å²) < 4.78 is 5.77. The molecule has 1 aromatic carbocycles. The SMILES string of the molecule is O=C(C1CN(c2ncccc2Cl)CCO1)N1CCc2ccccc2C1. The summed E-state index contributed by atoms with van der Waals surface area (Å²) in [5.74, 6) is 0.764. The molecule has 0 saturated carbocycles. The number of morpholine rings is 1. The topological polar surface area (TPSA) is 45.7 Å². The maximum Gasteiger partial charge on any atom is 0.253 e. The van der Waals surface area contributed by atoms with Crippen molar-refractivity contribution in [2.45, 2.75) is 19.1 Å². The first-order valence-electron chi connectivity index (χ1n) is 8.55. The van der Waals surface area contributed by atoms with E-state index in [9.17, 15) is 4.79 Å². The maximum atomic E-state index is 12.9. The molecule has 0 bridgehead atoms. The zero-order valence-electron chi connectivity index (χ0n) is 13.9. The summed E-state index contributed by atoms with van der Waals surface area (Å²) in [6, 6.07) is 11.9. The van der Waals surface area contributed by atoms with Crippen molar-refractivity contribution in [3.63, 3.8) is 0 Å². The van der Waals surface area contributed by atoms with Gasteiger partial charge in [-0.2, -0.15) is 0 Å². The largest absolute Gasteiger partial charge is 0.365 e. The van der Waals surface area contributed by atoms with Gasteiger partial charge in [0.25, 0.3) is 5.91 Å². The van der Waals surface area contributed by atoms with Crippen LogP contribution in [0.2, 0.25) is 5.02 Å². The summed E-state index contributed by atoms with van der Waals surface area (Å²) >= 11 is 6.25. The number of anilines is 1. The quantitative estimate of drug-likeness (QED) is 0.828. The number of carbonyl (C=O) groups excluding carboxylic acids is 1. The van der Waals surface area contributed by atoms with Crippen LogP contribution in [0.5, 0.6) is 0 Å². The average Bonchev–Trinajstić information content (AvgIpc) is 2.67. The lowest BCUT2D eigenvalue weighted by Crippen LogP contribution is -2.52. The van der Waals surface area contributed by atoms with Gasteiger partial charge < -0.3 is 14.5 Å². The van der Waals surface area contributed by atoms with E-state index in [0.29, 0.717) is 37.1 Å². The van der Waals surface area contributed by atoms with Crippen LogP contribution in [-0.2, 0) is 22.5 Å². The molecular formula is C19H20ClN3O2. The number of benzene rings is 1. The van der Waals surface area contributed by atoms with Gasteiger partial charge in [0.15, 0.2) is 6.10 Å². The third-order valence-corrected chi connectivity index (χ3v) is 5.12. The lowest BCUT2D eigenvalue weighted by Gasteiger charge is -2.37. The van der Waals surface area contributed by atoms with Crippen LogP contribution in [-0.4, -0.2) is 48.1 Å². The van der Waals surface area contributed by atoms with Gasteiger partial charge in [-0.25, -0.2) is 4.98 Å². The number of amides is 1. The Kier molecular flexibility index (Phi) is 4.59. The van der Waals surface area contributed by atoms with Crippen molar-refractivity contribution in [3.05, 3.63) is 58.7 Å². The number of ether oxygens (including phenoxy) is 1. The molecule has 6 heteroatoms. The zero-order chi connectivity index (χ0) is 17.2. The maximum absolute atomic E-state index is 12.9. The molecule has 1 fully saturated rings. The number of aromatic nitrogens is 1. The Balaban J connectivity index is 1.47. The van der Waals surface area contributed by atoms with Crippen LogP contribution < -0.4 is 4.90 Å². The second kappa shape index (κ2) is 7.02. The minimum atomic E-state index is -0.475. The number of carbonyl (C=O) groups is 1. The Hall–Kier alpha value is -2.11. The third kappa shape index (κ3) is 3.34. The van der Waals surface area contributed by atoms with Crippen molar-refractivity contribution in [1.82, 2.24) is 9.88 Å². The molecule has 2 aromatic rings. The minimum absolute atomic E-state index is 0.0475. The molecule has 0 radical (unpaired) electrons. The summed E-state index contributed by atoms with van der Waals surface area (Å²) in [4.78, 5) is 21.2. The van der Waals surface area contributed by atoms with Gasteiger partial charge in [0.1, 0.15) is 5.82 Å². The van der Waals surface area contributed by atoms with E-state index >= 15 is 0 Å². The van der Waals surface area contributed by atoms with Crippen LogP contribution >= 0.6 is 11.6 Å². The molecule has 1 atom stereocenters. The highest BCUT2D eigenvalue weighted by Crippen LogP contribution is 2.25. The molecule has 25 heavy (non-hydrogen) atoms. The molecule has 0 spiro atoms. The summed E-state index contributed by atoms with van der Waals surface area (Å²) in [5, 5.41) is 0.600. The summed E-state index contributed by atoms with van der Waals surface area (Å²) in [7, 11) is 0. The molecule has 1 saturated heterocycles. The monoisotopic (exact) mass is 357 g/mol. The number of nitrogens with zero attached hydrogens (tertiary/aromatic N) is 3. The van der Waals surface area contributed by atoms with Gasteiger partial charge in [-0.15, -0.1) is 0 Å². The third-order valence-electron chi connectivity index (χ3n) is 4.82. The van der Waals surface area contributed by atoms with Crippen LogP contribution in [0, 0.1) is 0 Å². The molecule has 0 N–H and O–H groups in total. The van der Waals surface area contributed by atoms with Gasteiger partial charge in [0.05, 0.1) is 18.2 Å². The molecule has 2 aliphatic heterocycles. The molecular weight excluding hydrogens is 338 g/mol. The Labute approximate surface area is 152 Å². The van der Waals surface area contributed by atoms with Gasteiger partial charge in [0.2, 0.25) is 0 Å². The van der Waals surface area contributed by atoms with Crippen LogP contribution in [0.4, 0.5) is 5.82 Å². The van der Waals surface area contributed by atoms with Crippen molar-refractivity contribution in [2.75, 3.05) is 31.1 Å². The lowest BCUT2D eigenvalue weighted by molar-refractivity contribution is -0.145. The molecule has 4 rings (SSSR count). The number of pyridine rings is 1. The van der Waals surface area contributed by atoms with E-state index < -0.39 is 6.10 Å². The van der Waals surface area contributed by atoms with E-state index in [1.54, 1.807) is 12.3 Å². The number of hydrogen-bond donors (Lipinski definition) is 0. The van der Waals surface area contributed by atoms with E-state index in [0.717, 1.165) is 13.0 Å². The highest BCUT2D eigenvalue weighted by Gasteiger charge is 2.32. The van der Waals surface area contributed by atoms with Crippen molar-refractivity contribution in [3.8, 4) is 0 Å². The van der Waals surface area contributed by atoms with Crippen molar-refractivity contribution in [2.24, 2.45) is 0 Å². The second-order valence-corrected chi connectivity index (χ2v) is 6.80. The Bertz CT molecular complexity index is 783. The molecule has 130 valence electrons. The normalized spacial score (nSPS) is 20.3. The number of rotatable bonds is 2. The second-order valence-electron chi connectivity index (χ2n) is 6.39. The Morgan fingerprint density at radius 1 is 1.16 bits per heavy atom. The molecule has 1 unspecified atom stereocenters. The van der Waals surface area contributed by atoms with Gasteiger partial charge in [0, 0.05) is 25.8 Å². The van der Waals surface area contributed by atoms with Crippen molar-refractivity contribution < 1.29 is 9.53 Å². The van der Waals surface area contributed by atoms with Crippen LogP contribution in [0.3, 0.4) is 0 Å². The summed E-state index contributed by atoms with van der Waals surface area (Å²) in [5.41, 5.74) is 2.56. The summed E-state index contributed by atoms with van der Waals surface area (Å²) in [6.07, 6.45) is 2.14. The van der Waals surface area contributed by atoms with E-state index in [4.69, 9.17) is 16.3 Å². The van der Waals surface area contributed by atoms with Crippen LogP contribution in [0.15, 0.2) is 42.6 Å². The molecule has 3 heterocycles. The molecule has 1 amide bonds. The fraction of sp³-hybridized carbons (Fsp3) is 0.368. The van der Waals surface area contributed by atoms with E-state index in [1.807, 2.05) is 21.9 Å². The number of fused-ring (bicyclic) bond motifs is 1. The number of hydrogen-bond acceptors (Lipinski definition) is 4. The highest BCUT2D eigenvalue weighted by atomic mass is 35.5. The predicted molar refractivity (Wildman–Crippen MR) is 96.8 cm³/mol. The first-order chi connectivity index (χ1) is 12.2. The Morgan fingerprint density at radius 2 is 2.00 bits per heavy atom. The van der Waals surface area contributed by atoms with E-state index in [2.05, 4.69) is 23.2 Å². The average molecular weight is 358 g/mol. The highest BCUT2D eigenvalue weighted by molar-refractivity contribution is 6.32. The van der Waals surface area contributed by atoms with Crippen LogP contribution in [0.1, 0.15) is 11.1 Å². The van der Waals surface area contributed by atoms with Gasteiger partial charge in [-0.1, -0.05) is 35.9 Å². The van der Waals surface area contributed by atoms with Gasteiger partial charge >= 0.3 is 0 Å². The molecule has 1 aromatic heterocycles. The first-order valence-corrected chi connectivity index (χ1v) is 8.93. The minimum Gasteiger partial charge on any atom is -0.365 e. The van der Waals surface area contributed by atoms with Crippen LogP contribution in [0.25, 0.3) is 0 Å². The van der Waals surface area contributed by atoms with Gasteiger partial charge in [-0.05, 0) is 29.7 Å². The summed E-state index contributed by atoms with van der Waals surface area (Å²) in [6.45, 7) is 3.05. The fourth-order valence-corrected chi connectivity index (χ4v) is 3.73. The standard InChI is InChI=1S/C19H20ClN3O2/c20-16-6-3-8-21-18(16)22-10-11-25-17(13-22)19(24)23-9-7-14-4-1-2-5-15(14)12-23/h1-6,8,17H,7,9-13H2. The van der Waals surface area contributed by atoms with E-state index in [1.165, 1.54) is 11.1 Å². The fourth-order valence-electron chi connectivity index (χ4n) is 3.49. The molecule has 2 aliphatic rings. The number of halogens is 1. The lowest BCUT2D eigenvalue weighted by atomic mass is 9.99.